The highest BCUT2D eigenvalue weighted by Gasteiger charge is 2.15. The maximum Gasteiger partial charge on any atom is 0.262 e. The van der Waals surface area contributed by atoms with E-state index in [1.165, 1.54) is 26.0 Å². The van der Waals surface area contributed by atoms with Crippen molar-refractivity contribution >= 4 is 40.9 Å². The van der Waals surface area contributed by atoms with Crippen molar-refractivity contribution in [3.8, 4) is 11.5 Å². The number of hydrogen-bond donors (Lipinski definition) is 3. The second-order valence-corrected chi connectivity index (χ2v) is 6.68. The van der Waals surface area contributed by atoms with Gasteiger partial charge in [0.2, 0.25) is 0 Å². The van der Waals surface area contributed by atoms with E-state index in [4.69, 9.17) is 33.3 Å². The van der Waals surface area contributed by atoms with Crippen molar-refractivity contribution in [2.24, 2.45) is 0 Å². The summed E-state index contributed by atoms with van der Waals surface area (Å²) >= 11 is 11.4. The van der Waals surface area contributed by atoms with Crippen molar-refractivity contribution in [1.82, 2.24) is 16.2 Å². The Labute approximate surface area is 164 Å². The first kappa shape index (κ1) is 20.3. The van der Waals surface area contributed by atoms with Crippen LogP contribution < -0.4 is 25.6 Å². The summed E-state index contributed by atoms with van der Waals surface area (Å²) in [5.74, 6) is 0.674. The Balaban J connectivity index is 1.89. The van der Waals surface area contributed by atoms with Gasteiger partial charge < -0.3 is 14.8 Å². The molecule has 0 heterocycles. The van der Waals surface area contributed by atoms with Gasteiger partial charge in [0, 0.05) is 12.1 Å². The van der Waals surface area contributed by atoms with Crippen molar-refractivity contribution < 1.29 is 14.3 Å². The predicted octanol–water partition coefficient (Wildman–Crippen LogP) is 3.20. The van der Waals surface area contributed by atoms with Crippen LogP contribution in [0.4, 0.5) is 0 Å². The average Bonchev–Trinajstić information content (AvgIpc) is 3.11. The van der Waals surface area contributed by atoms with Crippen LogP contribution in [0.25, 0.3) is 6.08 Å². The number of carbonyl (C=O) groups excluding carboxylic acids is 1. The third-order valence-corrected chi connectivity index (χ3v) is 4.45. The number of nitrogens with one attached hydrogen (secondary N) is 3. The smallest absolute Gasteiger partial charge is 0.262 e. The van der Waals surface area contributed by atoms with E-state index in [-0.39, 0.29) is 5.91 Å². The number of ether oxygens (including phenoxy) is 2. The first-order valence-corrected chi connectivity index (χ1v) is 9.37. The lowest BCUT2D eigenvalue weighted by molar-refractivity contribution is -0.116. The first-order valence-electron chi connectivity index (χ1n) is 8.58. The van der Waals surface area contributed by atoms with Gasteiger partial charge in [-0.3, -0.25) is 15.6 Å². The molecule has 0 saturated heterocycles. The highest BCUT2D eigenvalue weighted by molar-refractivity contribution is 7.80. The quantitative estimate of drug-likeness (QED) is 0.389. The molecule has 0 bridgehead atoms. The molecule has 1 saturated carbocycles. The van der Waals surface area contributed by atoms with E-state index in [0.29, 0.717) is 34.3 Å². The monoisotopic (exact) mass is 397 g/mol. The number of amides is 1. The van der Waals surface area contributed by atoms with Gasteiger partial charge in [0.15, 0.2) is 16.6 Å². The molecule has 1 aromatic carbocycles. The number of halogens is 1. The molecule has 26 heavy (non-hydrogen) atoms. The predicted molar refractivity (Wildman–Crippen MR) is 107 cm³/mol. The number of thiocarbonyl (C=S) groups is 1. The maximum atomic E-state index is 11.9. The lowest BCUT2D eigenvalue weighted by Crippen LogP contribution is -2.48. The minimum atomic E-state index is -0.328. The van der Waals surface area contributed by atoms with E-state index in [9.17, 15) is 4.79 Å². The molecule has 0 radical (unpaired) electrons. The summed E-state index contributed by atoms with van der Waals surface area (Å²) in [5.41, 5.74) is 5.96. The van der Waals surface area contributed by atoms with Crippen molar-refractivity contribution in [2.45, 2.75) is 38.6 Å². The fourth-order valence-corrected chi connectivity index (χ4v) is 3.28. The van der Waals surface area contributed by atoms with Gasteiger partial charge in [-0.2, -0.15) is 0 Å². The maximum absolute atomic E-state index is 11.9. The number of hydrazine groups is 1. The second kappa shape index (κ2) is 10.2. The summed E-state index contributed by atoms with van der Waals surface area (Å²) in [5, 5.41) is 4.02. The molecule has 0 unspecified atom stereocenters. The summed E-state index contributed by atoms with van der Waals surface area (Å²) in [6.07, 6.45) is 7.66. The molecule has 1 amide bonds. The minimum Gasteiger partial charge on any atom is -0.491 e. The fourth-order valence-electron chi connectivity index (χ4n) is 2.77. The normalized spacial score (nSPS) is 14.3. The van der Waals surface area contributed by atoms with Gasteiger partial charge in [-0.1, -0.05) is 24.4 Å². The Bertz CT molecular complexity index is 676. The third kappa shape index (κ3) is 6.07. The number of methoxy groups -OCH3 is 1. The Kier molecular flexibility index (Phi) is 8.00. The molecule has 1 aliphatic rings. The van der Waals surface area contributed by atoms with Gasteiger partial charge in [-0.05, 0) is 55.8 Å². The molecule has 1 fully saturated rings. The molecule has 0 aliphatic heterocycles. The molecule has 1 aliphatic carbocycles. The number of rotatable bonds is 6. The van der Waals surface area contributed by atoms with Crippen LogP contribution in [0.3, 0.4) is 0 Å². The minimum absolute atomic E-state index is 0.328. The summed E-state index contributed by atoms with van der Waals surface area (Å²) < 4.78 is 10.8. The summed E-state index contributed by atoms with van der Waals surface area (Å²) in [6, 6.07) is 3.85. The lowest BCUT2D eigenvalue weighted by Gasteiger charge is -2.15. The number of carbonyl (C=O) groups is 1. The van der Waals surface area contributed by atoms with E-state index in [1.807, 2.05) is 6.92 Å². The Morgan fingerprint density at radius 1 is 1.35 bits per heavy atom. The van der Waals surface area contributed by atoms with Crippen molar-refractivity contribution in [3.05, 3.63) is 28.8 Å². The molecular weight excluding hydrogens is 374 g/mol. The largest absolute Gasteiger partial charge is 0.491 e. The standard InChI is InChI=1S/C18H24ClN3O3S/c1-3-25-15-11-12(10-14(19)17(15)24-2)8-9-16(23)21-22-18(26)20-13-6-4-5-7-13/h8-11,13H,3-7H2,1-2H3,(H,21,23)(H2,20,22,26)/b9-8+. The van der Waals surface area contributed by atoms with Crippen LogP contribution in [0.2, 0.25) is 5.02 Å². The zero-order valence-electron chi connectivity index (χ0n) is 14.9. The fraction of sp³-hybridized carbons (Fsp3) is 0.444. The van der Waals surface area contributed by atoms with E-state index >= 15 is 0 Å². The molecule has 3 N–H and O–H groups in total. The zero-order chi connectivity index (χ0) is 18.9. The molecule has 0 atom stereocenters. The van der Waals surface area contributed by atoms with Crippen LogP contribution in [0.5, 0.6) is 11.5 Å². The highest BCUT2D eigenvalue weighted by atomic mass is 35.5. The zero-order valence-corrected chi connectivity index (χ0v) is 16.5. The molecule has 0 aromatic heterocycles. The third-order valence-electron chi connectivity index (χ3n) is 3.95. The van der Waals surface area contributed by atoms with Crippen LogP contribution in [0.1, 0.15) is 38.2 Å². The van der Waals surface area contributed by atoms with Gasteiger partial charge in [0.05, 0.1) is 18.7 Å². The van der Waals surface area contributed by atoms with Gasteiger partial charge in [-0.15, -0.1) is 0 Å². The van der Waals surface area contributed by atoms with Gasteiger partial charge >= 0.3 is 0 Å². The molecule has 2 rings (SSSR count). The van der Waals surface area contributed by atoms with Crippen molar-refractivity contribution in [3.63, 3.8) is 0 Å². The van der Waals surface area contributed by atoms with E-state index in [1.54, 1.807) is 18.2 Å². The van der Waals surface area contributed by atoms with E-state index in [0.717, 1.165) is 18.4 Å². The molecule has 6 nitrogen and oxygen atoms in total. The molecule has 0 spiro atoms. The van der Waals surface area contributed by atoms with Gasteiger partial charge in [0.25, 0.3) is 5.91 Å². The SMILES string of the molecule is CCOc1cc(/C=C/C(=O)NNC(=S)NC2CCCC2)cc(Cl)c1OC. The summed E-state index contributed by atoms with van der Waals surface area (Å²) in [4.78, 5) is 11.9. The van der Waals surface area contributed by atoms with Crippen LogP contribution in [0, 0.1) is 0 Å². The summed E-state index contributed by atoms with van der Waals surface area (Å²) in [6.45, 7) is 2.35. The molecule has 1 aromatic rings. The second-order valence-electron chi connectivity index (χ2n) is 5.87. The van der Waals surface area contributed by atoms with E-state index in [2.05, 4.69) is 16.2 Å². The Morgan fingerprint density at radius 2 is 2.08 bits per heavy atom. The molecular formula is C18H24ClN3O3S. The van der Waals surface area contributed by atoms with Crippen LogP contribution in [-0.2, 0) is 4.79 Å². The van der Waals surface area contributed by atoms with Crippen LogP contribution >= 0.6 is 23.8 Å². The van der Waals surface area contributed by atoms with Gasteiger partial charge in [-0.25, -0.2) is 0 Å². The molecule has 8 heteroatoms. The average molecular weight is 398 g/mol. The Hall–Kier alpha value is -1.99. The lowest BCUT2D eigenvalue weighted by atomic mass is 10.2. The number of hydrogen-bond acceptors (Lipinski definition) is 4. The van der Waals surface area contributed by atoms with Gasteiger partial charge in [0.1, 0.15) is 0 Å². The number of benzene rings is 1. The molecule has 142 valence electrons. The van der Waals surface area contributed by atoms with Crippen LogP contribution in [-0.4, -0.2) is 30.8 Å². The topological polar surface area (TPSA) is 71.6 Å². The highest BCUT2D eigenvalue weighted by Crippen LogP contribution is 2.36. The summed E-state index contributed by atoms with van der Waals surface area (Å²) in [7, 11) is 1.53. The van der Waals surface area contributed by atoms with E-state index < -0.39 is 0 Å². The van der Waals surface area contributed by atoms with Crippen molar-refractivity contribution in [1.29, 1.82) is 0 Å². The van der Waals surface area contributed by atoms with Crippen molar-refractivity contribution in [2.75, 3.05) is 13.7 Å². The van der Waals surface area contributed by atoms with Crippen LogP contribution in [0.15, 0.2) is 18.2 Å². The first-order chi connectivity index (χ1) is 12.5. The Morgan fingerprint density at radius 3 is 2.73 bits per heavy atom.